The van der Waals surface area contributed by atoms with Crippen molar-refractivity contribution in [2.75, 3.05) is 19.1 Å². The van der Waals surface area contributed by atoms with Crippen LogP contribution < -0.4 is 0 Å². The van der Waals surface area contributed by atoms with Crippen molar-refractivity contribution in [2.24, 2.45) is 46.3 Å². The van der Waals surface area contributed by atoms with Crippen LogP contribution in [0.2, 0.25) is 0 Å². The van der Waals surface area contributed by atoms with Crippen LogP contribution in [0.4, 0.5) is 0 Å². The molecule has 0 aromatic rings. The van der Waals surface area contributed by atoms with E-state index in [9.17, 15) is 16.8 Å². The van der Waals surface area contributed by atoms with Gasteiger partial charge in [0.2, 0.25) is 0 Å². The summed E-state index contributed by atoms with van der Waals surface area (Å²) in [4.78, 5) is 0. The lowest BCUT2D eigenvalue weighted by Gasteiger charge is -2.61. The van der Waals surface area contributed by atoms with E-state index in [4.69, 9.17) is 8.37 Å². The maximum atomic E-state index is 11.7. The van der Waals surface area contributed by atoms with E-state index in [-0.39, 0.29) is 6.10 Å². The third-order valence-corrected chi connectivity index (χ3v) is 12.0. The molecule has 198 valence electrons. The van der Waals surface area contributed by atoms with Crippen molar-refractivity contribution in [2.45, 2.75) is 97.5 Å². The minimum atomic E-state index is -3.39. The summed E-state index contributed by atoms with van der Waals surface area (Å²) in [6.45, 7) is 7.72. The van der Waals surface area contributed by atoms with Crippen LogP contribution in [0.1, 0.15) is 91.4 Å². The monoisotopic (exact) mass is 518 g/mol. The Bertz CT molecular complexity index is 946. The second kappa shape index (κ2) is 9.60. The normalized spacial score (nSPS) is 43.6. The first-order valence-electron chi connectivity index (χ1n) is 13.5. The zero-order valence-electron chi connectivity index (χ0n) is 21.8. The highest BCUT2D eigenvalue weighted by Crippen LogP contribution is 2.68. The maximum Gasteiger partial charge on any atom is 0.264 e. The third kappa shape index (κ3) is 5.40. The molecule has 4 aliphatic carbocycles. The lowest BCUT2D eigenvalue weighted by molar-refractivity contribution is -0.126. The van der Waals surface area contributed by atoms with Gasteiger partial charge in [-0.15, -0.1) is 0 Å². The van der Waals surface area contributed by atoms with Crippen molar-refractivity contribution in [1.82, 2.24) is 0 Å². The predicted octanol–water partition coefficient (Wildman–Crippen LogP) is 5.38. The number of hydrogen-bond acceptors (Lipinski definition) is 6. The fourth-order valence-electron chi connectivity index (χ4n) is 9.35. The Balaban J connectivity index is 1.40. The molecule has 0 spiro atoms. The predicted molar refractivity (Wildman–Crippen MR) is 134 cm³/mol. The molecule has 0 heterocycles. The third-order valence-electron chi connectivity index (χ3n) is 10.8. The first kappa shape index (κ1) is 26.9. The Labute approximate surface area is 208 Å². The van der Waals surface area contributed by atoms with Gasteiger partial charge in [-0.1, -0.05) is 20.8 Å². The standard InChI is InChI=1S/C26H46O6S2/c1-18(7-6-16-31-33(4,27)28)22-10-11-23-21-9-8-19-17-20(32-34(5,29)30)12-14-25(19,2)24(21)13-15-26(22,23)3/h18-24H,6-17H2,1-5H3/t18-,19-,20-,21+,22-,23+,24+,25+,26-/m1/s1. The van der Waals surface area contributed by atoms with Crippen LogP contribution in [0, 0.1) is 46.3 Å². The first-order valence-corrected chi connectivity index (χ1v) is 17.1. The Morgan fingerprint density at radius 2 is 1.53 bits per heavy atom. The average Bonchev–Trinajstić information content (AvgIpc) is 3.07. The van der Waals surface area contributed by atoms with Crippen LogP contribution in [0.5, 0.6) is 0 Å². The summed E-state index contributed by atoms with van der Waals surface area (Å²) < 4.78 is 56.3. The highest BCUT2D eigenvalue weighted by molar-refractivity contribution is 7.86. The smallest absolute Gasteiger partial charge is 0.264 e. The topological polar surface area (TPSA) is 86.7 Å². The fraction of sp³-hybridized carbons (Fsp3) is 1.00. The van der Waals surface area contributed by atoms with Gasteiger partial charge >= 0.3 is 0 Å². The molecule has 0 saturated heterocycles. The zero-order chi connectivity index (χ0) is 24.9. The van der Waals surface area contributed by atoms with E-state index in [1.165, 1.54) is 44.8 Å². The Hall–Kier alpha value is -0.180. The Morgan fingerprint density at radius 1 is 0.853 bits per heavy atom. The molecule has 0 radical (unpaired) electrons. The molecule has 8 heteroatoms. The summed E-state index contributed by atoms with van der Waals surface area (Å²) in [5.41, 5.74) is 0.701. The van der Waals surface area contributed by atoms with E-state index in [1.807, 2.05) is 0 Å². The molecule has 4 saturated carbocycles. The second-order valence-corrected chi connectivity index (χ2v) is 16.0. The average molecular weight is 519 g/mol. The zero-order valence-corrected chi connectivity index (χ0v) is 23.4. The minimum Gasteiger partial charge on any atom is -0.270 e. The van der Waals surface area contributed by atoms with Gasteiger partial charge in [0, 0.05) is 0 Å². The molecule has 0 amide bonds. The van der Waals surface area contributed by atoms with Gasteiger partial charge in [0.25, 0.3) is 20.2 Å². The summed E-state index contributed by atoms with van der Waals surface area (Å²) in [6, 6.07) is 0. The van der Waals surface area contributed by atoms with Crippen molar-refractivity contribution in [3.05, 3.63) is 0 Å². The van der Waals surface area contributed by atoms with Gasteiger partial charge in [0.1, 0.15) is 0 Å². The van der Waals surface area contributed by atoms with Gasteiger partial charge in [-0.2, -0.15) is 16.8 Å². The molecular formula is C26H46O6S2. The van der Waals surface area contributed by atoms with Gasteiger partial charge in [-0.25, -0.2) is 0 Å². The molecule has 9 atom stereocenters. The Kier molecular flexibility index (Phi) is 7.59. The first-order chi connectivity index (χ1) is 15.7. The molecule has 34 heavy (non-hydrogen) atoms. The van der Waals surface area contributed by atoms with Gasteiger partial charge in [0.15, 0.2) is 0 Å². The van der Waals surface area contributed by atoms with Crippen LogP contribution in [-0.4, -0.2) is 42.1 Å². The lowest BCUT2D eigenvalue weighted by Crippen LogP contribution is -2.54. The Morgan fingerprint density at radius 3 is 2.21 bits per heavy atom. The van der Waals surface area contributed by atoms with E-state index in [0.717, 1.165) is 56.1 Å². The maximum absolute atomic E-state index is 11.7. The van der Waals surface area contributed by atoms with Crippen LogP contribution in [0.25, 0.3) is 0 Å². The van der Waals surface area contributed by atoms with Crippen LogP contribution in [0.15, 0.2) is 0 Å². The van der Waals surface area contributed by atoms with Crippen LogP contribution in [-0.2, 0) is 28.6 Å². The van der Waals surface area contributed by atoms with E-state index in [2.05, 4.69) is 20.8 Å². The molecule has 0 aliphatic heterocycles. The van der Waals surface area contributed by atoms with Gasteiger partial charge < -0.3 is 0 Å². The second-order valence-electron chi connectivity index (χ2n) is 12.7. The van der Waals surface area contributed by atoms with Crippen molar-refractivity contribution in [3.63, 3.8) is 0 Å². The minimum absolute atomic E-state index is 0.137. The molecule has 0 bridgehead atoms. The largest absolute Gasteiger partial charge is 0.270 e. The number of hydrogen-bond donors (Lipinski definition) is 0. The van der Waals surface area contributed by atoms with Crippen molar-refractivity contribution < 1.29 is 25.2 Å². The highest BCUT2D eigenvalue weighted by atomic mass is 32.2. The molecule has 0 N–H and O–H groups in total. The molecule has 0 unspecified atom stereocenters. The summed E-state index contributed by atoms with van der Waals surface area (Å²) in [7, 11) is -6.74. The fourth-order valence-corrected chi connectivity index (χ4v) is 10.4. The van der Waals surface area contributed by atoms with Crippen LogP contribution >= 0.6 is 0 Å². The molecular weight excluding hydrogens is 472 g/mol. The summed E-state index contributed by atoms with van der Waals surface area (Å²) >= 11 is 0. The SMILES string of the molecule is C[C@H](CCCOS(C)(=O)=O)[C@H]1CC[C@H]2[C@@H]3CC[C@@H]4C[C@H](OS(C)(=O)=O)CC[C@]4(C)[C@H]3CC[C@]12C. The van der Waals surface area contributed by atoms with Crippen molar-refractivity contribution >= 4 is 20.2 Å². The quantitative estimate of drug-likeness (QED) is 0.317. The number of rotatable bonds is 8. The molecule has 4 rings (SSSR count). The van der Waals surface area contributed by atoms with Crippen LogP contribution in [0.3, 0.4) is 0 Å². The van der Waals surface area contributed by atoms with E-state index < -0.39 is 20.2 Å². The summed E-state index contributed by atoms with van der Waals surface area (Å²) in [5, 5.41) is 0. The molecule has 0 aromatic carbocycles. The van der Waals surface area contributed by atoms with Gasteiger partial charge in [-0.3, -0.25) is 8.37 Å². The van der Waals surface area contributed by atoms with E-state index in [0.29, 0.717) is 35.2 Å². The highest BCUT2D eigenvalue weighted by Gasteiger charge is 2.60. The van der Waals surface area contributed by atoms with E-state index in [1.54, 1.807) is 0 Å². The molecule has 6 nitrogen and oxygen atoms in total. The summed E-state index contributed by atoms with van der Waals surface area (Å²) in [6.07, 6.45) is 14.5. The molecule has 4 fully saturated rings. The lowest BCUT2D eigenvalue weighted by atomic mass is 9.44. The molecule has 0 aromatic heterocycles. The van der Waals surface area contributed by atoms with E-state index >= 15 is 0 Å². The van der Waals surface area contributed by atoms with Gasteiger partial charge in [-0.05, 0) is 117 Å². The molecule has 4 aliphatic rings. The van der Waals surface area contributed by atoms with Gasteiger partial charge in [0.05, 0.1) is 25.2 Å². The van der Waals surface area contributed by atoms with Crippen molar-refractivity contribution in [1.29, 1.82) is 0 Å². The summed E-state index contributed by atoms with van der Waals surface area (Å²) in [5.74, 6) is 4.20. The van der Waals surface area contributed by atoms with Crippen molar-refractivity contribution in [3.8, 4) is 0 Å². The number of fused-ring (bicyclic) bond motifs is 5.